The Morgan fingerprint density at radius 1 is 0.275 bits per heavy atom. The number of unbranched alkanes of at least 4 members (excludes halogenated alkanes) is 45. The fourth-order valence-corrected chi connectivity index (χ4v) is 14.3. The third-order valence-electron chi connectivity index (χ3n) is 19.7. The van der Waals surface area contributed by atoms with Gasteiger partial charge in [-0.1, -0.05) is 376 Å². The van der Waals surface area contributed by atoms with E-state index in [4.69, 9.17) is 37.0 Å². The van der Waals surface area contributed by atoms with Crippen LogP contribution < -0.4 is 0 Å². The van der Waals surface area contributed by atoms with E-state index >= 15 is 0 Å². The zero-order chi connectivity index (χ0) is 75.3. The first-order valence-corrected chi connectivity index (χ1v) is 45.7. The van der Waals surface area contributed by atoms with Gasteiger partial charge in [0.05, 0.1) is 26.4 Å². The quantitative estimate of drug-likeness (QED) is 0.0222. The van der Waals surface area contributed by atoms with Crippen molar-refractivity contribution in [1.82, 2.24) is 0 Å². The van der Waals surface area contributed by atoms with Crippen LogP contribution in [0.4, 0.5) is 0 Å². The summed E-state index contributed by atoms with van der Waals surface area (Å²) >= 11 is 0. The van der Waals surface area contributed by atoms with Crippen LogP contribution in [0, 0.1) is 23.7 Å². The monoisotopic (exact) mass is 1490 g/mol. The third kappa shape index (κ3) is 74.9. The molecule has 0 aromatic carbocycles. The van der Waals surface area contributed by atoms with Gasteiger partial charge in [-0.2, -0.15) is 0 Å². The summed E-state index contributed by atoms with van der Waals surface area (Å²) in [7, 11) is -9.92. The molecule has 0 saturated heterocycles. The Hall–Kier alpha value is -1.94. The molecule has 0 aliphatic rings. The van der Waals surface area contributed by atoms with E-state index in [1.807, 2.05) is 0 Å². The SMILES string of the molecule is CCC(C)CCCCCCCCCCCCC(=O)O[C@H](COC(=O)CCCCCCCCCC(C)C)COP(=O)(O)OCC(O)COP(=O)(O)OC[C@@H](COC(=O)CCCCCCCCCCCCCCCCC(C)C)OC(=O)CCCCCCCCCCCCCCCCCCCCC(C)C. The van der Waals surface area contributed by atoms with Crippen LogP contribution in [-0.4, -0.2) is 96.7 Å². The summed E-state index contributed by atoms with van der Waals surface area (Å²) in [6.07, 6.45) is 59.7. The van der Waals surface area contributed by atoms with Crippen LogP contribution in [0.25, 0.3) is 0 Å². The maximum Gasteiger partial charge on any atom is 0.472 e. The maximum absolute atomic E-state index is 13.1. The topological polar surface area (TPSA) is 237 Å². The lowest BCUT2D eigenvalue weighted by Gasteiger charge is -2.21. The maximum atomic E-state index is 13.1. The molecule has 0 aromatic heterocycles. The van der Waals surface area contributed by atoms with Crippen molar-refractivity contribution in [3.63, 3.8) is 0 Å². The molecule has 0 aliphatic carbocycles. The summed E-state index contributed by atoms with van der Waals surface area (Å²) < 4.78 is 68.8. The highest BCUT2D eigenvalue weighted by Gasteiger charge is 2.30. The highest BCUT2D eigenvalue weighted by atomic mass is 31.2. The minimum atomic E-state index is -4.96. The Morgan fingerprint density at radius 3 is 0.696 bits per heavy atom. The standard InChI is InChI=1S/C83H162O17P2/c1-9-76(8)62-54-46-38-30-26-27-33-41-50-58-66-83(88)100-79(70-94-81(86)64-56-48-42-34-37-45-53-61-75(6)7)72-98-102(91,92)96-68-77(84)67-95-101(89,90)97-71-78(69-93-80(85)63-55-47-39-31-24-20-17-16-19-23-29-36-44-52-60-74(4)5)99-82(87)65-57-49-40-32-25-21-15-13-11-10-12-14-18-22-28-35-43-51-59-73(2)3/h73-79,84H,9-72H2,1-8H3,(H,89,90)(H,91,92)/t76?,77?,78-,79-/m1/s1. The molecule has 17 nitrogen and oxygen atoms in total. The van der Waals surface area contributed by atoms with E-state index in [-0.39, 0.29) is 25.7 Å². The van der Waals surface area contributed by atoms with Crippen molar-refractivity contribution in [3.8, 4) is 0 Å². The van der Waals surface area contributed by atoms with E-state index in [1.54, 1.807) is 0 Å². The molecule has 606 valence electrons. The molecule has 102 heavy (non-hydrogen) atoms. The molecular formula is C83H162O17P2. The van der Waals surface area contributed by atoms with E-state index in [2.05, 4.69) is 55.4 Å². The molecule has 0 spiro atoms. The normalized spacial score (nSPS) is 14.3. The van der Waals surface area contributed by atoms with Gasteiger partial charge in [-0.05, 0) is 49.4 Å². The Kier molecular flexibility index (Phi) is 70.6. The summed E-state index contributed by atoms with van der Waals surface area (Å²) in [6, 6.07) is 0. The zero-order valence-electron chi connectivity index (χ0n) is 67.2. The molecule has 0 amide bonds. The summed E-state index contributed by atoms with van der Waals surface area (Å²) in [5, 5.41) is 10.7. The summed E-state index contributed by atoms with van der Waals surface area (Å²) in [5.74, 6) is 1.01. The molecule has 19 heteroatoms. The average Bonchev–Trinajstić information content (AvgIpc) is 1.04. The van der Waals surface area contributed by atoms with Crippen molar-refractivity contribution in [3.05, 3.63) is 0 Å². The number of esters is 4. The van der Waals surface area contributed by atoms with Crippen LogP contribution in [0.2, 0.25) is 0 Å². The van der Waals surface area contributed by atoms with Gasteiger partial charge in [0, 0.05) is 25.7 Å². The van der Waals surface area contributed by atoms with Crippen molar-refractivity contribution in [1.29, 1.82) is 0 Å². The second-order valence-electron chi connectivity index (χ2n) is 31.5. The summed E-state index contributed by atoms with van der Waals surface area (Å²) in [6.45, 7) is 14.3. The zero-order valence-corrected chi connectivity index (χ0v) is 69.0. The minimum absolute atomic E-state index is 0.105. The first-order valence-electron chi connectivity index (χ1n) is 42.7. The molecule has 4 unspecified atom stereocenters. The first kappa shape index (κ1) is 100. The second kappa shape index (κ2) is 72.0. The summed E-state index contributed by atoms with van der Waals surface area (Å²) in [4.78, 5) is 73.1. The molecule has 0 bridgehead atoms. The number of aliphatic hydroxyl groups is 1. The molecule has 0 saturated carbocycles. The van der Waals surface area contributed by atoms with Crippen LogP contribution in [0.3, 0.4) is 0 Å². The van der Waals surface area contributed by atoms with Gasteiger partial charge in [-0.3, -0.25) is 37.3 Å². The van der Waals surface area contributed by atoms with Gasteiger partial charge in [0.2, 0.25) is 0 Å². The average molecular weight is 1490 g/mol. The van der Waals surface area contributed by atoms with Gasteiger partial charge >= 0.3 is 39.5 Å². The predicted octanol–water partition coefficient (Wildman–Crippen LogP) is 24.8. The van der Waals surface area contributed by atoms with Crippen LogP contribution in [0.5, 0.6) is 0 Å². The highest BCUT2D eigenvalue weighted by molar-refractivity contribution is 7.47. The number of rotatable bonds is 80. The fourth-order valence-electron chi connectivity index (χ4n) is 12.8. The van der Waals surface area contributed by atoms with Gasteiger partial charge in [-0.25, -0.2) is 9.13 Å². The van der Waals surface area contributed by atoms with Crippen LogP contribution in [-0.2, 0) is 65.4 Å². The van der Waals surface area contributed by atoms with E-state index in [0.29, 0.717) is 31.6 Å². The fraction of sp³-hybridized carbons (Fsp3) is 0.952. The van der Waals surface area contributed by atoms with Gasteiger partial charge < -0.3 is 33.8 Å². The second-order valence-corrected chi connectivity index (χ2v) is 34.4. The van der Waals surface area contributed by atoms with E-state index in [9.17, 15) is 43.2 Å². The minimum Gasteiger partial charge on any atom is -0.462 e. The van der Waals surface area contributed by atoms with E-state index < -0.39 is 97.5 Å². The number of hydrogen-bond donors (Lipinski definition) is 3. The molecule has 0 rings (SSSR count). The first-order chi connectivity index (χ1) is 49.1. The van der Waals surface area contributed by atoms with E-state index in [0.717, 1.165) is 114 Å². The van der Waals surface area contributed by atoms with Gasteiger partial charge in [0.1, 0.15) is 19.3 Å². The van der Waals surface area contributed by atoms with Crippen molar-refractivity contribution in [2.75, 3.05) is 39.6 Å². The number of carbonyl (C=O) groups is 4. The molecule has 0 heterocycles. The van der Waals surface area contributed by atoms with E-state index in [1.165, 1.54) is 225 Å². The lowest BCUT2D eigenvalue weighted by molar-refractivity contribution is -0.161. The smallest absolute Gasteiger partial charge is 0.462 e. The number of carbonyl (C=O) groups excluding carboxylic acids is 4. The van der Waals surface area contributed by atoms with Crippen molar-refractivity contribution in [2.24, 2.45) is 23.7 Å². The molecule has 6 atom stereocenters. The number of ether oxygens (including phenoxy) is 4. The third-order valence-corrected chi connectivity index (χ3v) is 21.6. The molecule has 0 aliphatic heterocycles. The molecule has 0 fully saturated rings. The predicted molar refractivity (Wildman–Crippen MR) is 418 cm³/mol. The molecular weight excluding hydrogens is 1330 g/mol. The summed E-state index contributed by atoms with van der Waals surface area (Å²) in [5.41, 5.74) is 0. The van der Waals surface area contributed by atoms with Crippen molar-refractivity contribution >= 4 is 39.5 Å². The Bertz CT molecular complexity index is 1990. The van der Waals surface area contributed by atoms with Gasteiger partial charge in [0.15, 0.2) is 12.2 Å². The van der Waals surface area contributed by atoms with Crippen molar-refractivity contribution in [2.45, 2.75) is 446 Å². The highest BCUT2D eigenvalue weighted by Crippen LogP contribution is 2.45. The lowest BCUT2D eigenvalue weighted by Crippen LogP contribution is -2.30. The van der Waals surface area contributed by atoms with Crippen LogP contribution >= 0.6 is 15.6 Å². The number of aliphatic hydroxyl groups excluding tert-OH is 1. The van der Waals surface area contributed by atoms with Gasteiger partial charge in [-0.15, -0.1) is 0 Å². The largest absolute Gasteiger partial charge is 0.472 e. The van der Waals surface area contributed by atoms with Crippen LogP contribution in [0.1, 0.15) is 428 Å². The number of phosphoric ester groups is 2. The van der Waals surface area contributed by atoms with Crippen LogP contribution in [0.15, 0.2) is 0 Å². The Labute approximate surface area is 626 Å². The molecule has 0 aromatic rings. The molecule has 3 N–H and O–H groups in total. The van der Waals surface area contributed by atoms with Crippen molar-refractivity contribution < 1.29 is 80.2 Å². The lowest BCUT2D eigenvalue weighted by atomic mass is 9.99. The number of phosphoric acid groups is 2. The number of hydrogen-bond acceptors (Lipinski definition) is 15. The Balaban J connectivity index is 5.23. The molecule has 0 radical (unpaired) electrons. The Morgan fingerprint density at radius 2 is 0.471 bits per heavy atom. The van der Waals surface area contributed by atoms with Gasteiger partial charge in [0.25, 0.3) is 0 Å².